The third kappa shape index (κ3) is 3.98. The monoisotopic (exact) mass is 411 g/mol. The molecule has 0 fully saturated rings. The van der Waals surface area contributed by atoms with Crippen molar-refractivity contribution >= 4 is 37.4 Å². The molecular weight excluding hydrogens is 398 g/mol. The largest absolute Gasteiger partial charge is 0.276 e. The molecule has 0 aliphatic heterocycles. The summed E-state index contributed by atoms with van der Waals surface area (Å²) in [5.41, 5.74) is 1.30. The third-order valence-electron chi connectivity index (χ3n) is 3.28. The van der Waals surface area contributed by atoms with Gasteiger partial charge in [0, 0.05) is 21.7 Å². The van der Waals surface area contributed by atoms with Crippen molar-refractivity contribution in [2.45, 2.75) is 18.7 Å². The van der Waals surface area contributed by atoms with Gasteiger partial charge in [-0.1, -0.05) is 40.2 Å². The Morgan fingerprint density at radius 2 is 1.92 bits per heavy atom. The van der Waals surface area contributed by atoms with Gasteiger partial charge in [0.05, 0.1) is 15.5 Å². The molecule has 24 heavy (non-hydrogen) atoms. The second-order valence-electron chi connectivity index (χ2n) is 4.98. The maximum atomic E-state index is 12.3. The minimum atomic E-state index is -4.01. The summed E-state index contributed by atoms with van der Waals surface area (Å²) in [7, 11) is -4.01. The molecule has 0 aliphatic rings. The van der Waals surface area contributed by atoms with Crippen LogP contribution >= 0.6 is 15.9 Å². The van der Waals surface area contributed by atoms with Crippen molar-refractivity contribution in [3.05, 3.63) is 68.2 Å². The summed E-state index contributed by atoms with van der Waals surface area (Å²) in [5, 5.41) is 14.8. The van der Waals surface area contributed by atoms with E-state index in [2.05, 4.69) is 25.9 Å². The van der Waals surface area contributed by atoms with Gasteiger partial charge in [-0.3, -0.25) is 10.1 Å². The predicted molar refractivity (Wildman–Crippen MR) is 94.5 cm³/mol. The lowest BCUT2D eigenvalue weighted by Crippen LogP contribution is -2.20. The zero-order valence-corrected chi connectivity index (χ0v) is 15.3. The Kier molecular flexibility index (Phi) is 5.35. The van der Waals surface area contributed by atoms with Crippen molar-refractivity contribution in [3.63, 3.8) is 0 Å². The molecule has 0 saturated carbocycles. The number of hydrogen-bond donors (Lipinski definition) is 1. The van der Waals surface area contributed by atoms with Gasteiger partial charge in [-0.2, -0.15) is 18.4 Å². The SMILES string of the molecule is C/C(=N\NS(=O)(=O)c1ccc(C)c([N+](=O)[O-])c1)c1ccccc1Br. The summed E-state index contributed by atoms with van der Waals surface area (Å²) in [4.78, 5) is 12.2. The van der Waals surface area contributed by atoms with Gasteiger partial charge in [0.1, 0.15) is 0 Å². The molecule has 0 unspecified atom stereocenters. The van der Waals surface area contributed by atoms with Crippen LogP contribution in [-0.2, 0) is 10.0 Å². The molecular formula is C15H14BrN3O4S. The van der Waals surface area contributed by atoms with Crippen LogP contribution in [0.1, 0.15) is 18.1 Å². The van der Waals surface area contributed by atoms with Crippen LogP contribution in [0.3, 0.4) is 0 Å². The van der Waals surface area contributed by atoms with Crippen molar-refractivity contribution in [1.82, 2.24) is 4.83 Å². The Hall–Kier alpha value is -2.26. The highest BCUT2D eigenvalue weighted by molar-refractivity contribution is 9.10. The second kappa shape index (κ2) is 7.10. The molecule has 126 valence electrons. The average molecular weight is 412 g/mol. The van der Waals surface area contributed by atoms with E-state index in [1.165, 1.54) is 19.1 Å². The summed E-state index contributed by atoms with van der Waals surface area (Å²) in [6, 6.07) is 10.9. The highest BCUT2D eigenvalue weighted by atomic mass is 79.9. The minimum Gasteiger partial charge on any atom is -0.258 e. The van der Waals surface area contributed by atoms with E-state index in [-0.39, 0.29) is 10.6 Å². The van der Waals surface area contributed by atoms with E-state index in [0.29, 0.717) is 11.3 Å². The van der Waals surface area contributed by atoms with E-state index in [4.69, 9.17) is 0 Å². The number of nitro groups is 1. The fraction of sp³-hybridized carbons (Fsp3) is 0.133. The van der Waals surface area contributed by atoms with E-state index in [1.54, 1.807) is 19.1 Å². The van der Waals surface area contributed by atoms with Crippen LogP contribution in [0.2, 0.25) is 0 Å². The number of sulfonamides is 1. The van der Waals surface area contributed by atoms with E-state index in [1.807, 2.05) is 12.1 Å². The number of rotatable bonds is 5. The maximum Gasteiger partial charge on any atom is 0.276 e. The summed E-state index contributed by atoms with van der Waals surface area (Å²) >= 11 is 3.36. The van der Waals surface area contributed by atoms with Crippen molar-refractivity contribution in [2.24, 2.45) is 5.10 Å². The second-order valence-corrected chi connectivity index (χ2v) is 7.49. The van der Waals surface area contributed by atoms with Gasteiger partial charge in [0.15, 0.2) is 0 Å². The number of hydrazone groups is 1. The zero-order chi connectivity index (χ0) is 17.9. The normalized spacial score (nSPS) is 12.0. The maximum absolute atomic E-state index is 12.3. The van der Waals surface area contributed by atoms with Gasteiger partial charge >= 0.3 is 0 Å². The van der Waals surface area contributed by atoms with Gasteiger partial charge < -0.3 is 0 Å². The summed E-state index contributed by atoms with van der Waals surface area (Å²) in [5.74, 6) is 0. The Morgan fingerprint density at radius 1 is 1.25 bits per heavy atom. The van der Waals surface area contributed by atoms with Crippen LogP contribution in [0.4, 0.5) is 5.69 Å². The Labute approximate surface area is 147 Å². The molecule has 0 radical (unpaired) electrons. The predicted octanol–water partition coefficient (Wildman–Crippen LogP) is 3.37. The molecule has 0 heterocycles. The molecule has 0 spiro atoms. The topological polar surface area (TPSA) is 102 Å². The molecule has 9 heteroatoms. The average Bonchev–Trinajstić information content (AvgIpc) is 2.53. The van der Waals surface area contributed by atoms with Gasteiger partial charge in [0.2, 0.25) is 0 Å². The molecule has 0 saturated heterocycles. The molecule has 7 nitrogen and oxygen atoms in total. The van der Waals surface area contributed by atoms with Crippen LogP contribution in [0, 0.1) is 17.0 Å². The van der Waals surface area contributed by atoms with Gasteiger partial charge in [-0.25, -0.2) is 0 Å². The number of nitrogens with zero attached hydrogens (tertiary/aromatic N) is 2. The first-order chi connectivity index (χ1) is 11.2. The fourth-order valence-electron chi connectivity index (χ4n) is 1.95. The standard InChI is InChI=1S/C15H14BrN3O4S/c1-10-7-8-12(9-15(10)19(20)21)24(22,23)18-17-11(2)13-5-3-4-6-14(13)16/h3-9,18H,1-2H3/b17-11+. The first kappa shape index (κ1) is 18.1. The lowest BCUT2D eigenvalue weighted by molar-refractivity contribution is -0.385. The van der Waals surface area contributed by atoms with Crippen molar-refractivity contribution < 1.29 is 13.3 Å². The summed E-state index contributed by atoms with van der Waals surface area (Å²) < 4.78 is 25.3. The van der Waals surface area contributed by atoms with Crippen LogP contribution in [-0.4, -0.2) is 19.1 Å². The number of nitrogens with one attached hydrogen (secondary N) is 1. The molecule has 0 atom stereocenters. The molecule has 0 bridgehead atoms. The molecule has 2 aromatic rings. The van der Waals surface area contributed by atoms with Crippen LogP contribution < -0.4 is 4.83 Å². The van der Waals surface area contributed by atoms with E-state index < -0.39 is 14.9 Å². The zero-order valence-electron chi connectivity index (χ0n) is 12.9. The van der Waals surface area contributed by atoms with Crippen LogP contribution in [0.15, 0.2) is 56.9 Å². The fourth-order valence-corrected chi connectivity index (χ4v) is 3.40. The Morgan fingerprint density at radius 3 is 2.54 bits per heavy atom. The molecule has 0 aromatic heterocycles. The number of halogens is 1. The first-order valence-electron chi connectivity index (χ1n) is 6.78. The van der Waals surface area contributed by atoms with Gasteiger partial charge in [-0.15, -0.1) is 0 Å². The highest BCUT2D eigenvalue weighted by Gasteiger charge is 2.19. The lowest BCUT2D eigenvalue weighted by atomic mass is 10.1. The molecule has 1 N–H and O–H groups in total. The van der Waals surface area contributed by atoms with E-state index >= 15 is 0 Å². The number of nitro benzene ring substituents is 1. The third-order valence-corrected chi connectivity index (χ3v) is 5.18. The summed E-state index contributed by atoms with van der Waals surface area (Å²) in [6.07, 6.45) is 0. The Bertz CT molecular complexity index is 926. The summed E-state index contributed by atoms with van der Waals surface area (Å²) in [6.45, 7) is 3.19. The van der Waals surface area contributed by atoms with Gasteiger partial charge in [0.25, 0.3) is 15.7 Å². The smallest absolute Gasteiger partial charge is 0.258 e. The molecule has 0 amide bonds. The number of benzene rings is 2. The van der Waals surface area contributed by atoms with Gasteiger partial charge in [-0.05, 0) is 26.0 Å². The molecule has 2 rings (SSSR count). The van der Waals surface area contributed by atoms with Crippen molar-refractivity contribution in [1.29, 1.82) is 0 Å². The quantitative estimate of drug-likeness (QED) is 0.462. The van der Waals surface area contributed by atoms with Crippen LogP contribution in [0.5, 0.6) is 0 Å². The van der Waals surface area contributed by atoms with Crippen LogP contribution in [0.25, 0.3) is 0 Å². The van der Waals surface area contributed by atoms with Crippen molar-refractivity contribution in [3.8, 4) is 0 Å². The Balaban J connectivity index is 2.32. The lowest BCUT2D eigenvalue weighted by Gasteiger charge is -2.07. The highest BCUT2D eigenvalue weighted by Crippen LogP contribution is 2.22. The van der Waals surface area contributed by atoms with E-state index in [0.717, 1.165) is 16.1 Å². The minimum absolute atomic E-state index is 0.219. The van der Waals surface area contributed by atoms with Crippen molar-refractivity contribution in [2.75, 3.05) is 0 Å². The van der Waals surface area contributed by atoms with E-state index in [9.17, 15) is 18.5 Å². The first-order valence-corrected chi connectivity index (χ1v) is 9.06. The number of hydrogen-bond acceptors (Lipinski definition) is 5. The molecule has 0 aliphatic carbocycles. The molecule has 2 aromatic carbocycles. The number of aryl methyl sites for hydroxylation is 1.